The van der Waals surface area contributed by atoms with Gasteiger partial charge in [-0.2, -0.15) is 0 Å². The predicted molar refractivity (Wildman–Crippen MR) is 84.7 cm³/mol. The molecule has 0 radical (unpaired) electrons. The quantitative estimate of drug-likeness (QED) is 0.791. The molecule has 4 nitrogen and oxygen atoms in total. The molecule has 1 N–H and O–H groups in total. The zero-order valence-corrected chi connectivity index (χ0v) is 12.9. The van der Waals surface area contributed by atoms with E-state index in [0.717, 1.165) is 21.3 Å². The molecule has 1 unspecified atom stereocenters. The van der Waals surface area contributed by atoms with Crippen molar-refractivity contribution in [1.82, 2.24) is 14.5 Å². The second-order valence-corrected chi connectivity index (χ2v) is 5.72. The normalized spacial score (nSPS) is 12.6. The van der Waals surface area contributed by atoms with Gasteiger partial charge in [0.1, 0.15) is 5.52 Å². The minimum atomic E-state index is 0.160. The van der Waals surface area contributed by atoms with Crippen LogP contribution < -0.4 is 5.32 Å². The minimum absolute atomic E-state index is 0.160. The van der Waals surface area contributed by atoms with Gasteiger partial charge in [-0.25, -0.2) is 9.97 Å². The Bertz CT molecular complexity index is 750. The highest BCUT2D eigenvalue weighted by Gasteiger charge is 2.11. The molecule has 3 aromatic rings. The number of pyridine rings is 1. The van der Waals surface area contributed by atoms with Crippen molar-refractivity contribution in [3.8, 4) is 0 Å². The van der Waals surface area contributed by atoms with Crippen LogP contribution in [0.2, 0.25) is 0 Å². The van der Waals surface area contributed by atoms with E-state index in [0.29, 0.717) is 0 Å². The van der Waals surface area contributed by atoms with Crippen LogP contribution >= 0.6 is 15.9 Å². The molecule has 1 atom stereocenters. The minimum Gasteiger partial charge on any atom is -0.362 e. The van der Waals surface area contributed by atoms with Crippen LogP contribution in [-0.2, 0) is 7.05 Å². The highest BCUT2D eigenvalue weighted by molar-refractivity contribution is 9.10. The summed E-state index contributed by atoms with van der Waals surface area (Å²) >= 11 is 3.50. The molecule has 0 aliphatic heterocycles. The molecule has 2 aromatic heterocycles. The third-order valence-electron chi connectivity index (χ3n) is 3.34. The number of halogens is 1. The van der Waals surface area contributed by atoms with Crippen LogP contribution in [0.25, 0.3) is 11.0 Å². The summed E-state index contributed by atoms with van der Waals surface area (Å²) in [6.07, 6.45) is 3.61. The molecule has 2 heterocycles. The second kappa shape index (κ2) is 5.25. The zero-order valence-electron chi connectivity index (χ0n) is 11.3. The van der Waals surface area contributed by atoms with E-state index < -0.39 is 0 Å². The van der Waals surface area contributed by atoms with Crippen LogP contribution in [0.4, 0.5) is 5.82 Å². The predicted octanol–water partition coefficient (Wildman–Crippen LogP) is 3.90. The van der Waals surface area contributed by atoms with Crippen molar-refractivity contribution in [3.63, 3.8) is 0 Å². The van der Waals surface area contributed by atoms with E-state index in [9.17, 15) is 0 Å². The summed E-state index contributed by atoms with van der Waals surface area (Å²) in [4.78, 5) is 8.82. The third-order valence-corrected chi connectivity index (χ3v) is 3.84. The number of hydrogen-bond donors (Lipinski definition) is 1. The lowest BCUT2D eigenvalue weighted by atomic mass is 10.1. The lowest BCUT2D eigenvalue weighted by Gasteiger charge is -2.15. The first kappa shape index (κ1) is 13.1. The van der Waals surface area contributed by atoms with Crippen LogP contribution in [-0.4, -0.2) is 14.5 Å². The molecule has 0 saturated heterocycles. The maximum Gasteiger partial charge on any atom is 0.154 e. The maximum atomic E-state index is 4.41. The number of benzene rings is 1. The van der Waals surface area contributed by atoms with Gasteiger partial charge in [0.05, 0.1) is 17.9 Å². The molecule has 3 rings (SSSR count). The van der Waals surface area contributed by atoms with Crippen LogP contribution in [0, 0.1) is 0 Å². The van der Waals surface area contributed by atoms with Crippen LogP contribution in [0.1, 0.15) is 18.5 Å². The molecule has 0 fully saturated rings. The van der Waals surface area contributed by atoms with Gasteiger partial charge in [-0.15, -0.1) is 0 Å². The molecule has 0 bridgehead atoms. The number of nitrogens with one attached hydrogen (secondary N) is 1. The third kappa shape index (κ3) is 2.41. The summed E-state index contributed by atoms with van der Waals surface area (Å²) in [5.41, 5.74) is 3.18. The number of hydrogen-bond acceptors (Lipinski definition) is 3. The SMILES string of the molecule is CC(Nc1nccc2c1ncn2C)c1cccc(Br)c1. The summed E-state index contributed by atoms with van der Waals surface area (Å²) in [6, 6.07) is 10.4. The molecule has 1 aromatic carbocycles. The lowest BCUT2D eigenvalue weighted by molar-refractivity contribution is 0.876. The maximum absolute atomic E-state index is 4.41. The number of aromatic nitrogens is 3. The van der Waals surface area contributed by atoms with Crippen LogP contribution in [0.5, 0.6) is 0 Å². The number of aryl methyl sites for hydroxylation is 1. The fourth-order valence-electron chi connectivity index (χ4n) is 2.23. The van der Waals surface area contributed by atoms with Crippen molar-refractivity contribution >= 4 is 32.8 Å². The lowest BCUT2D eigenvalue weighted by Crippen LogP contribution is -2.08. The largest absolute Gasteiger partial charge is 0.362 e. The molecule has 0 spiro atoms. The van der Waals surface area contributed by atoms with Crippen molar-refractivity contribution in [2.45, 2.75) is 13.0 Å². The van der Waals surface area contributed by atoms with Gasteiger partial charge < -0.3 is 9.88 Å². The molecule has 5 heteroatoms. The monoisotopic (exact) mass is 330 g/mol. The van der Waals surface area contributed by atoms with Crippen LogP contribution in [0.15, 0.2) is 47.3 Å². The van der Waals surface area contributed by atoms with E-state index in [1.54, 1.807) is 12.5 Å². The van der Waals surface area contributed by atoms with E-state index in [1.807, 2.05) is 29.8 Å². The highest BCUT2D eigenvalue weighted by atomic mass is 79.9. The van der Waals surface area contributed by atoms with E-state index >= 15 is 0 Å². The first-order valence-electron chi connectivity index (χ1n) is 6.43. The standard InChI is InChI=1S/C15H15BrN4/c1-10(11-4-3-5-12(16)8-11)19-15-14-13(6-7-17-15)20(2)9-18-14/h3-10H,1-2H3,(H,17,19). The van der Waals surface area contributed by atoms with Crippen molar-refractivity contribution in [3.05, 3.63) is 52.9 Å². The van der Waals surface area contributed by atoms with Crippen molar-refractivity contribution in [2.75, 3.05) is 5.32 Å². The highest BCUT2D eigenvalue weighted by Crippen LogP contribution is 2.25. The Morgan fingerprint density at radius 2 is 2.10 bits per heavy atom. The fourth-order valence-corrected chi connectivity index (χ4v) is 2.65. The molecular weight excluding hydrogens is 316 g/mol. The van der Waals surface area contributed by atoms with E-state index in [1.165, 1.54) is 5.56 Å². The smallest absolute Gasteiger partial charge is 0.154 e. The molecule has 102 valence electrons. The van der Waals surface area contributed by atoms with Gasteiger partial charge in [-0.1, -0.05) is 28.1 Å². The number of anilines is 1. The van der Waals surface area contributed by atoms with E-state index in [2.05, 4.69) is 50.3 Å². The molecule has 20 heavy (non-hydrogen) atoms. The van der Waals surface area contributed by atoms with Crippen molar-refractivity contribution in [1.29, 1.82) is 0 Å². The summed E-state index contributed by atoms with van der Waals surface area (Å²) in [5, 5.41) is 3.43. The topological polar surface area (TPSA) is 42.7 Å². The Morgan fingerprint density at radius 1 is 1.25 bits per heavy atom. The number of imidazole rings is 1. The Labute approximate surface area is 126 Å². The molecular formula is C15H15BrN4. The first-order chi connectivity index (χ1) is 9.65. The van der Waals surface area contributed by atoms with Gasteiger partial charge in [0, 0.05) is 17.7 Å². The van der Waals surface area contributed by atoms with Crippen molar-refractivity contribution < 1.29 is 0 Å². The Morgan fingerprint density at radius 3 is 2.90 bits per heavy atom. The van der Waals surface area contributed by atoms with Gasteiger partial charge in [0.25, 0.3) is 0 Å². The number of nitrogens with zero attached hydrogens (tertiary/aromatic N) is 3. The Hall–Kier alpha value is -1.88. The summed E-state index contributed by atoms with van der Waals surface area (Å²) in [6.45, 7) is 2.12. The summed E-state index contributed by atoms with van der Waals surface area (Å²) < 4.78 is 3.07. The average molecular weight is 331 g/mol. The Balaban J connectivity index is 1.93. The number of rotatable bonds is 3. The van der Waals surface area contributed by atoms with Crippen LogP contribution in [0.3, 0.4) is 0 Å². The summed E-state index contributed by atoms with van der Waals surface area (Å²) in [5.74, 6) is 0.815. The van der Waals surface area contributed by atoms with Gasteiger partial charge in [0.2, 0.25) is 0 Å². The molecule has 0 amide bonds. The molecule has 0 aliphatic rings. The van der Waals surface area contributed by atoms with E-state index in [4.69, 9.17) is 0 Å². The first-order valence-corrected chi connectivity index (χ1v) is 7.22. The van der Waals surface area contributed by atoms with Gasteiger partial charge in [0.15, 0.2) is 5.82 Å². The zero-order chi connectivity index (χ0) is 14.1. The molecule has 0 aliphatic carbocycles. The number of fused-ring (bicyclic) bond motifs is 1. The Kier molecular flexibility index (Phi) is 3.44. The van der Waals surface area contributed by atoms with Gasteiger partial charge in [-0.05, 0) is 30.7 Å². The second-order valence-electron chi connectivity index (χ2n) is 4.80. The van der Waals surface area contributed by atoms with Crippen molar-refractivity contribution in [2.24, 2.45) is 7.05 Å². The van der Waals surface area contributed by atoms with Gasteiger partial charge in [-0.3, -0.25) is 0 Å². The molecule has 0 saturated carbocycles. The van der Waals surface area contributed by atoms with E-state index in [-0.39, 0.29) is 6.04 Å². The van der Waals surface area contributed by atoms with Gasteiger partial charge >= 0.3 is 0 Å². The fraction of sp³-hybridized carbons (Fsp3) is 0.200. The summed E-state index contributed by atoms with van der Waals surface area (Å²) in [7, 11) is 1.98. The average Bonchev–Trinajstić information content (AvgIpc) is 2.82.